The summed E-state index contributed by atoms with van der Waals surface area (Å²) in [5, 5.41) is 0. The monoisotopic (exact) mass is 250 g/mol. The van der Waals surface area contributed by atoms with E-state index in [4.69, 9.17) is 10.5 Å². The SMILES string of the molecule is COc1cccc(CCN(C)CCCC(C)N)c1. The summed E-state index contributed by atoms with van der Waals surface area (Å²) in [4.78, 5) is 2.36. The first-order valence-corrected chi connectivity index (χ1v) is 6.69. The first-order valence-electron chi connectivity index (χ1n) is 6.69. The van der Waals surface area contributed by atoms with Gasteiger partial charge in [-0.15, -0.1) is 0 Å². The molecule has 0 aliphatic carbocycles. The van der Waals surface area contributed by atoms with Crippen LogP contribution in [0.25, 0.3) is 0 Å². The van der Waals surface area contributed by atoms with E-state index < -0.39 is 0 Å². The van der Waals surface area contributed by atoms with Gasteiger partial charge in [-0.2, -0.15) is 0 Å². The van der Waals surface area contributed by atoms with E-state index in [-0.39, 0.29) is 0 Å². The lowest BCUT2D eigenvalue weighted by atomic mass is 10.1. The third-order valence-electron chi connectivity index (χ3n) is 3.12. The molecule has 3 heteroatoms. The molecular weight excluding hydrogens is 224 g/mol. The standard InChI is InChI=1S/C15H26N2O/c1-13(16)6-5-10-17(2)11-9-14-7-4-8-15(12-14)18-3/h4,7-8,12-13H,5-6,9-11,16H2,1-3H3. The predicted molar refractivity (Wildman–Crippen MR) is 77.1 cm³/mol. The quantitative estimate of drug-likeness (QED) is 0.769. The van der Waals surface area contributed by atoms with Gasteiger partial charge in [0.25, 0.3) is 0 Å². The molecule has 0 saturated heterocycles. The number of nitrogens with two attached hydrogens (primary N) is 1. The van der Waals surface area contributed by atoms with Gasteiger partial charge in [-0.25, -0.2) is 0 Å². The Balaban J connectivity index is 2.26. The van der Waals surface area contributed by atoms with Gasteiger partial charge in [0.1, 0.15) is 5.75 Å². The van der Waals surface area contributed by atoms with Gasteiger partial charge in [-0.05, 0) is 57.5 Å². The van der Waals surface area contributed by atoms with Crippen molar-refractivity contribution >= 4 is 0 Å². The first kappa shape index (κ1) is 15.0. The van der Waals surface area contributed by atoms with E-state index in [0.29, 0.717) is 6.04 Å². The summed E-state index contributed by atoms with van der Waals surface area (Å²) in [6.07, 6.45) is 3.33. The van der Waals surface area contributed by atoms with Gasteiger partial charge in [0.05, 0.1) is 7.11 Å². The Bertz CT molecular complexity index is 339. The van der Waals surface area contributed by atoms with Gasteiger partial charge in [-0.3, -0.25) is 0 Å². The molecule has 0 aromatic heterocycles. The maximum Gasteiger partial charge on any atom is 0.119 e. The molecule has 2 N–H and O–H groups in total. The molecule has 0 saturated carbocycles. The van der Waals surface area contributed by atoms with Crippen LogP contribution in [-0.4, -0.2) is 38.2 Å². The molecule has 18 heavy (non-hydrogen) atoms. The van der Waals surface area contributed by atoms with Crippen LogP contribution in [0.3, 0.4) is 0 Å². The highest BCUT2D eigenvalue weighted by Crippen LogP contribution is 2.13. The fraction of sp³-hybridized carbons (Fsp3) is 0.600. The Morgan fingerprint density at radius 1 is 1.33 bits per heavy atom. The maximum absolute atomic E-state index is 5.74. The zero-order chi connectivity index (χ0) is 13.4. The lowest BCUT2D eigenvalue weighted by Gasteiger charge is -2.17. The second-order valence-electron chi connectivity index (χ2n) is 5.02. The van der Waals surface area contributed by atoms with Crippen molar-refractivity contribution < 1.29 is 4.74 Å². The molecule has 1 aromatic carbocycles. The molecule has 102 valence electrons. The Labute approximate surface area is 111 Å². The number of ether oxygens (including phenoxy) is 1. The smallest absolute Gasteiger partial charge is 0.119 e. The average Bonchev–Trinajstić information content (AvgIpc) is 2.36. The fourth-order valence-corrected chi connectivity index (χ4v) is 1.94. The van der Waals surface area contributed by atoms with Crippen molar-refractivity contribution in [3.8, 4) is 5.75 Å². The molecule has 0 spiro atoms. The van der Waals surface area contributed by atoms with Crippen molar-refractivity contribution in [3.63, 3.8) is 0 Å². The number of likely N-dealkylation sites (N-methyl/N-ethyl adjacent to an activating group) is 1. The summed E-state index contributed by atoms with van der Waals surface area (Å²) in [7, 11) is 3.88. The Morgan fingerprint density at radius 2 is 2.11 bits per heavy atom. The van der Waals surface area contributed by atoms with Gasteiger partial charge < -0.3 is 15.4 Å². The van der Waals surface area contributed by atoms with Gasteiger partial charge in [0, 0.05) is 12.6 Å². The number of methoxy groups -OCH3 is 1. The molecule has 0 fully saturated rings. The third kappa shape index (κ3) is 6.03. The summed E-state index contributed by atoms with van der Waals surface area (Å²) in [5.41, 5.74) is 7.07. The van der Waals surface area contributed by atoms with E-state index in [0.717, 1.165) is 31.7 Å². The molecule has 1 aromatic rings. The summed E-state index contributed by atoms with van der Waals surface area (Å²) >= 11 is 0. The van der Waals surface area contributed by atoms with Gasteiger partial charge in [-0.1, -0.05) is 12.1 Å². The summed E-state index contributed by atoms with van der Waals surface area (Å²) < 4.78 is 5.23. The molecule has 0 aliphatic rings. The van der Waals surface area contributed by atoms with E-state index in [9.17, 15) is 0 Å². The van der Waals surface area contributed by atoms with E-state index in [1.807, 2.05) is 12.1 Å². The second-order valence-corrected chi connectivity index (χ2v) is 5.02. The minimum atomic E-state index is 0.316. The highest BCUT2D eigenvalue weighted by Gasteiger charge is 2.01. The molecule has 1 atom stereocenters. The Morgan fingerprint density at radius 3 is 2.78 bits per heavy atom. The Hall–Kier alpha value is -1.06. The zero-order valence-electron chi connectivity index (χ0n) is 11.9. The van der Waals surface area contributed by atoms with Crippen molar-refractivity contribution in [3.05, 3.63) is 29.8 Å². The van der Waals surface area contributed by atoms with Gasteiger partial charge >= 0.3 is 0 Å². The van der Waals surface area contributed by atoms with Crippen LogP contribution in [-0.2, 0) is 6.42 Å². The molecule has 3 nitrogen and oxygen atoms in total. The lowest BCUT2D eigenvalue weighted by Crippen LogP contribution is -2.24. The van der Waals surface area contributed by atoms with Crippen molar-refractivity contribution in [2.24, 2.45) is 5.73 Å². The van der Waals surface area contributed by atoms with E-state index in [1.165, 1.54) is 12.0 Å². The van der Waals surface area contributed by atoms with Crippen LogP contribution < -0.4 is 10.5 Å². The van der Waals surface area contributed by atoms with Crippen molar-refractivity contribution in [2.75, 3.05) is 27.2 Å². The molecule has 0 aliphatic heterocycles. The van der Waals surface area contributed by atoms with Crippen molar-refractivity contribution in [2.45, 2.75) is 32.2 Å². The highest BCUT2D eigenvalue weighted by molar-refractivity contribution is 5.28. The van der Waals surface area contributed by atoms with Gasteiger partial charge in [0.15, 0.2) is 0 Å². The molecule has 1 rings (SSSR count). The molecule has 0 heterocycles. The number of hydrogen-bond acceptors (Lipinski definition) is 3. The Kier molecular flexibility index (Phi) is 6.76. The minimum absolute atomic E-state index is 0.316. The number of benzene rings is 1. The van der Waals surface area contributed by atoms with Crippen LogP contribution in [0.4, 0.5) is 0 Å². The maximum atomic E-state index is 5.74. The average molecular weight is 250 g/mol. The summed E-state index contributed by atoms with van der Waals surface area (Å²) in [5.74, 6) is 0.937. The van der Waals surface area contributed by atoms with Crippen LogP contribution in [0.15, 0.2) is 24.3 Å². The van der Waals surface area contributed by atoms with E-state index in [1.54, 1.807) is 7.11 Å². The molecule has 0 bridgehead atoms. The fourth-order valence-electron chi connectivity index (χ4n) is 1.94. The second kappa shape index (κ2) is 8.11. The topological polar surface area (TPSA) is 38.5 Å². The summed E-state index contributed by atoms with van der Waals surface area (Å²) in [6.45, 7) is 4.26. The number of nitrogens with zero attached hydrogens (tertiary/aromatic N) is 1. The van der Waals surface area contributed by atoms with E-state index >= 15 is 0 Å². The van der Waals surface area contributed by atoms with Crippen LogP contribution in [0.2, 0.25) is 0 Å². The third-order valence-corrected chi connectivity index (χ3v) is 3.12. The molecule has 0 radical (unpaired) electrons. The molecular formula is C15H26N2O. The predicted octanol–water partition coefficient (Wildman–Crippen LogP) is 2.30. The van der Waals surface area contributed by atoms with Gasteiger partial charge in [0.2, 0.25) is 0 Å². The van der Waals surface area contributed by atoms with Crippen molar-refractivity contribution in [1.29, 1.82) is 0 Å². The van der Waals surface area contributed by atoms with Crippen molar-refractivity contribution in [1.82, 2.24) is 4.90 Å². The van der Waals surface area contributed by atoms with Crippen LogP contribution in [0.1, 0.15) is 25.3 Å². The van der Waals surface area contributed by atoms with Crippen LogP contribution in [0, 0.1) is 0 Å². The molecule has 0 amide bonds. The number of rotatable bonds is 8. The number of hydrogen-bond donors (Lipinski definition) is 1. The molecule has 1 unspecified atom stereocenters. The normalized spacial score (nSPS) is 12.7. The largest absolute Gasteiger partial charge is 0.497 e. The first-order chi connectivity index (χ1) is 8.61. The highest BCUT2D eigenvalue weighted by atomic mass is 16.5. The summed E-state index contributed by atoms with van der Waals surface area (Å²) in [6, 6.07) is 8.60. The van der Waals surface area contributed by atoms with Crippen LogP contribution >= 0.6 is 0 Å². The minimum Gasteiger partial charge on any atom is -0.497 e. The lowest BCUT2D eigenvalue weighted by molar-refractivity contribution is 0.326. The zero-order valence-corrected chi connectivity index (χ0v) is 11.9. The van der Waals surface area contributed by atoms with Crippen LogP contribution in [0.5, 0.6) is 5.75 Å². The van der Waals surface area contributed by atoms with E-state index in [2.05, 4.69) is 31.0 Å².